The number of aromatic nitrogens is 2. The van der Waals surface area contributed by atoms with Gasteiger partial charge in [0.05, 0.1) is 10.2 Å². The summed E-state index contributed by atoms with van der Waals surface area (Å²) in [7, 11) is 0. The van der Waals surface area contributed by atoms with Crippen molar-refractivity contribution in [2.24, 2.45) is 0 Å². The maximum absolute atomic E-state index is 12.5. The molecule has 3 nitrogen and oxygen atoms in total. The molecule has 0 atom stereocenters. The lowest BCUT2D eigenvalue weighted by Crippen LogP contribution is -2.04. The summed E-state index contributed by atoms with van der Waals surface area (Å²) in [6.07, 6.45) is -2.48. The van der Waals surface area contributed by atoms with Crippen molar-refractivity contribution in [2.45, 2.75) is 26.2 Å². The summed E-state index contributed by atoms with van der Waals surface area (Å²) in [5.41, 5.74) is 7.29. The van der Waals surface area contributed by atoms with Gasteiger partial charge in [0.25, 0.3) is 6.43 Å². The first-order valence-electron chi connectivity index (χ1n) is 6.11. The van der Waals surface area contributed by atoms with Gasteiger partial charge in [-0.2, -0.15) is 0 Å². The van der Waals surface area contributed by atoms with Crippen LogP contribution in [0.5, 0.6) is 0 Å². The van der Waals surface area contributed by atoms with E-state index >= 15 is 0 Å². The van der Waals surface area contributed by atoms with Crippen LogP contribution in [0.4, 0.5) is 14.6 Å². The molecule has 2 rings (SSSR count). The van der Waals surface area contributed by atoms with Gasteiger partial charge in [-0.05, 0) is 21.8 Å². The number of nitrogen functional groups attached to an aromatic ring is 1. The molecule has 0 saturated carbocycles. The maximum atomic E-state index is 12.5. The third-order valence-corrected chi connectivity index (χ3v) is 3.68. The molecular formula is C14H14BrF2N3. The molecular weight excluding hydrogens is 328 g/mol. The Labute approximate surface area is 124 Å². The second-order valence-corrected chi connectivity index (χ2v) is 5.50. The lowest BCUT2D eigenvalue weighted by atomic mass is 10.1. The molecule has 0 radical (unpaired) electrons. The molecule has 0 fully saturated rings. The van der Waals surface area contributed by atoms with E-state index in [1.807, 2.05) is 13.8 Å². The zero-order valence-corrected chi connectivity index (χ0v) is 12.7. The van der Waals surface area contributed by atoms with E-state index in [-0.39, 0.29) is 11.5 Å². The third-order valence-electron chi connectivity index (χ3n) is 2.87. The zero-order valence-electron chi connectivity index (χ0n) is 11.1. The maximum Gasteiger partial charge on any atom is 0.263 e. The fraction of sp³-hybridized carbons (Fsp3) is 0.286. The summed E-state index contributed by atoms with van der Waals surface area (Å²) in [5, 5.41) is 0. The quantitative estimate of drug-likeness (QED) is 0.890. The number of anilines is 1. The van der Waals surface area contributed by atoms with Gasteiger partial charge < -0.3 is 5.73 Å². The number of nitrogens with two attached hydrogens (primary N) is 1. The summed E-state index contributed by atoms with van der Waals surface area (Å²) in [6, 6.07) is 5.90. The van der Waals surface area contributed by atoms with Crippen LogP contribution >= 0.6 is 15.9 Å². The van der Waals surface area contributed by atoms with Crippen LogP contribution in [0.2, 0.25) is 0 Å². The van der Waals surface area contributed by atoms with Crippen molar-refractivity contribution in [3.05, 3.63) is 40.0 Å². The van der Waals surface area contributed by atoms with Crippen molar-refractivity contribution < 1.29 is 8.78 Å². The van der Waals surface area contributed by atoms with Crippen LogP contribution in [-0.4, -0.2) is 9.97 Å². The largest absolute Gasteiger partial charge is 0.383 e. The molecule has 0 amide bonds. The van der Waals surface area contributed by atoms with Crippen molar-refractivity contribution in [1.82, 2.24) is 9.97 Å². The molecule has 0 aliphatic carbocycles. The monoisotopic (exact) mass is 341 g/mol. The Balaban J connectivity index is 2.47. The molecule has 2 N–H and O–H groups in total. The smallest absolute Gasteiger partial charge is 0.263 e. The Morgan fingerprint density at radius 1 is 1.10 bits per heavy atom. The number of nitrogens with zero attached hydrogens (tertiary/aromatic N) is 2. The highest BCUT2D eigenvalue weighted by molar-refractivity contribution is 9.10. The van der Waals surface area contributed by atoms with E-state index in [4.69, 9.17) is 5.73 Å². The van der Waals surface area contributed by atoms with Crippen LogP contribution in [0, 0.1) is 0 Å². The van der Waals surface area contributed by atoms with Gasteiger partial charge in [-0.25, -0.2) is 18.7 Å². The number of alkyl halides is 2. The van der Waals surface area contributed by atoms with Gasteiger partial charge in [0.15, 0.2) is 5.82 Å². The summed E-state index contributed by atoms with van der Waals surface area (Å²) in [5.74, 6) is 0.959. The summed E-state index contributed by atoms with van der Waals surface area (Å²) in [6.45, 7) is 3.99. The minimum absolute atomic E-state index is 0.0251. The first-order valence-corrected chi connectivity index (χ1v) is 6.90. The van der Waals surface area contributed by atoms with Gasteiger partial charge in [-0.1, -0.05) is 38.1 Å². The van der Waals surface area contributed by atoms with E-state index in [1.54, 1.807) is 12.1 Å². The van der Waals surface area contributed by atoms with Gasteiger partial charge in [0.1, 0.15) is 5.82 Å². The molecule has 1 aromatic carbocycles. The Hall–Kier alpha value is -1.56. The average molecular weight is 342 g/mol. The van der Waals surface area contributed by atoms with E-state index in [9.17, 15) is 8.78 Å². The fourth-order valence-electron chi connectivity index (χ4n) is 1.77. The summed E-state index contributed by atoms with van der Waals surface area (Å²) < 4.78 is 25.7. The highest BCUT2D eigenvalue weighted by Crippen LogP contribution is 2.30. The van der Waals surface area contributed by atoms with E-state index in [0.29, 0.717) is 21.7 Å². The lowest BCUT2D eigenvalue weighted by molar-refractivity contribution is 0.151. The molecule has 1 heterocycles. The summed E-state index contributed by atoms with van der Waals surface area (Å²) >= 11 is 3.37. The van der Waals surface area contributed by atoms with Gasteiger partial charge in [-0.3, -0.25) is 0 Å². The molecule has 0 aliphatic heterocycles. The number of hydrogen-bond donors (Lipinski definition) is 1. The van der Waals surface area contributed by atoms with Crippen LogP contribution in [0.15, 0.2) is 28.7 Å². The molecule has 20 heavy (non-hydrogen) atoms. The van der Waals surface area contributed by atoms with Gasteiger partial charge >= 0.3 is 0 Å². The first-order chi connectivity index (χ1) is 9.40. The molecule has 6 heteroatoms. The molecule has 2 aromatic rings. The van der Waals surface area contributed by atoms with Crippen LogP contribution in [0.1, 0.15) is 37.4 Å². The Bertz CT molecular complexity index is 613. The molecule has 1 aromatic heterocycles. The standard InChI is InChI=1S/C14H14BrF2N3/c1-7(2)11-10(15)13(18)20-14(19-11)9-5-3-8(4-6-9)12(16)17/h3-7,12H,1-2H3,(H2,18,19,20). The van der Waals surface area contributed by atoms with Crippen LogP contribution in [-0.2, 0) is 0 Å². The van der Waals surface area contributed by atoms with E-state index in [1.165, 1.54) is 12.1 Å². The zero-order chi connectivity index (χ0) is 14.9. The average Bonchev–Trinajstić information content (AvgIpc) is 2.41. The second-order valence-electron chi connectivity index (χ2n) is 4.71. The minimum atomic E-state index is -2.48. The van der Waals surface area contributed by atoms with E-state index in [0.717, 1.165) is 5.69 Å². The number of hydrogen-bond acceptors (Lipinski definition) is 3. The van der Waals surface area contributed by atoms with Crippen molar-refractivity contribution >= 4 is 21.7 Å². The topological polar surface area (TPSA) is 51.8 Å². The SMILES string of the molecule is CC(C)c1nc(-c2ccc(C(F)F)cc2)nc(N)c1Br. The normalized spacial score (nSPS) is 11.3. The van der Waals surface area contributed by atoms with Gasteiger partial charge in [-0.15, -0.1) is 0 Å². The number of rotatable bonds is 3. The van der Waals surface area contributed by atoms with Crippen molar-refractivity contribution in [3.8, 4) is 11.4 Å². The molecule has 0 saturated heterocycles. The molecule has 0 unspecified atom stereocenters. The molecule has 0 aliphatic rings. The van der Waals surface area contributed by atoms with Crippen LogP contribution < -0.4 is 5.73 Å². The van der Waals surface area contributed by atoms with Gasteiger partial charge in [0, 0.05) is 11.1 Å². The predicted octanol–water partition coefficient (Wildman–Crippen LogP) is 4.55. The second kappa shape index (κ2) is 5.83. The van der Waals surface area contributed by atoms with Crippen molar-refractivity contribution in [3.63, 3.8) is 0 Å². The lowest BCUT2D eigenvalue weighted by Gasteiger charge is -2.11. The molecule has 0 bridgehead atoms. The van der Waals surface area contributed by atoms with Crippen LogP contribution in [0.3, 0.4) is 0 Å². The Morgan fingerprint density at radius 2 is 1.70 bits per heavy atom. The highest BCUT2D eigenvalue weighted by atomic mass is 79.9. The molecule has 0 spiro atoms. The Kier molecular flexibility index (Phi) is 4.32. The summed E-state index contributed by atoms with van der Waals surface area (Å²) in [4.78, 5) is 8.64. The fourth-order valence-corrected chi connectivity index (χ4v) is 2.41. The van der Waals surface area contributed by atoms with E-state index in [2.05, 4.69) is 25.9 Å². The highest BCUT2D eigenvalue weighted by Gasteiger charge is 2.14. The van der Waals surface area contributed by atoms with E-state index < -0.39 is 6.43 Å². The van der Waals surface area contributed by atoms with Crippen LogP contribution in [0.25, 0.3) is 11.4 Å². The third kappa shape index (κ3) is 2.95. The van der Waals surface area contributed by atoms with Crippen molar-refractivity contribution in [1.29, 1.82) is 0 Å². The first kappa shape index (κ1) is 14.8. The molecule has 106 valence electrons. The van der Waals surface area contributed by atoms with Gasteiger partial charge in [0.2, 0.25) is 0 Å². The predicted molar refractivity (Wildman–Crippen MR) is 78.6 cm³/mol. The Morgan fingerprint density at radius 3 is 2.20 bits per heavy atom. The number of benzene rings is 1. The van der Waals surface area contributed by atoms with Crippen molar-refractivity contribution in [2.75, 3.05) is 5.73 Å². The minimum Gasteiger partial charge on any atom is -0.383 e. The number of halogens is 3.